The van der Waals surface area contributed by atoms with Crippen LogP contribution in [0, 0.1) is 34.5 Å². The highest BCUT2D eigenvalue weighted by atomic mass is 16.3. The van der Waals surface area contributed by atoms with Crippen molar-refractivity contribution in [2.24, 2.45) is 34.5 Å². The van der Waals surface area contributed by atoms with Crippen molar-refractivity contribution in [1.29, 1.82) is 0 Å². The van der Waals surface area contributed by atoms with E-state index in [0.29, 0.717) is 16.7 Å². The zero-order valence-electron chi connectivity index (χ0n) is 11.2. The van der Waals surface area contributed by atoms with Gasteiger partial charge < -0.3 is 5.11 Å². The highest BCUT2D eigenvalue weighted by Crippen LogP contribution is 2.75. The lowest BCUT2D eigenvalue weighted by Crippen LogP contribution is -2.28. The van der Waals surface area contributed by atoms with E-state index in [4.69, 9.17) is 0 Å². The molecule has 6 atom stereocenters. The van der Waals surface area contributed by atoms with Gasteiger partial charge in [-0.05, 0) is 67.1 Å². The summed E-state index contributed by atoms with van der Waals surface area (Å²) in [6.07, 6.45) is 5.54. The van der Waals surface area contributed by atoms with Gasteiger partial charge in [-0.2, -0.15) is 0 Å². The SMILES string of the molecule is CC(O)C1CC1CC1CC2CC2(C)C1(C)C. The van der Waals surface area contributed by atoms with Crippen molar-refractivity contribution in [3.8, 4) is 0 Å². The maximum Gasteiger partial charge on any atom is 0.0543 e. The molecule has 0 amide bonds. The number of fused-ring (bicyclic) bond motifs is 1. The van der Waals surface area contributed by atoms with Crippen LogP contribution in [0.15, 0.2) is 0 Å². The lowest BCUT2D eigenvalue weighted by molar-refractivity contribution is 0.124. The van der Waals surface area contributed by atoms with E-state index in [1.807, 2.05) is 6.92 Å². The van der Waals surface area contributed by atoms with Crippen LogP contribution in [0.25, 0.3) is 0 Å². The van der Waals surface area contributed by atoms with E-state index in [1.165, 1.54) is 25.7 Å². The number of rotatable bonds is 3. The Morgan fingerprint density at radius 3 is 2.38 bits per heavy atom. The fourth-order valence-electron chi connectivity index (χ4n) is 4.58. The Hall–Kier alpha value is -0.0400. The first-order valence-corrected chi connectivity index (χ1v) is 7.04. The molecular weight excluding hydrogens is 196 g/mol. The Morgan fingerprint density at radius 1 is 1.25 bits per heavy atom. The van der Waals surface area contributed by atoms with Crippen LogP contribution in [0.3, 0.4) is 0 Å². The average Bonchev–Trinajstić information content (AvgIpc) is 3.01. The molecule has 0 aromatic rings. The van der Waals surface area contributed by atoms with Crippen molar-refractivity contribution in [2.75, 3.05) is 0 Å². The van der Waals surface area contributed by atoms with Crippen molar-refractivity contribution in [3.63, 3.8) is 0 Å². The van der Waals surface area contributed by atoms with Crippen LogP contribution < -0.4 is 0 Å². The zero-order valence-corrected chi connectivity index (χ0v) is 11.2. The molecule has 0 aromatic heterocycles. The maximum atomic E-state index is 9.58. The van der Waals surface area contributed by atoms with E-state index in [2.05, 4.69) is 20.8 Å². The molecule has 0 aliphatic heterocycles. The fourth-order valence-corrected chi connectivity index (χ4v) is 4.58. The van der Waals surface area contributed by atoms with Crippen LogP contribution in [0.2, 0.25) is 0 Å². The summed E-state index contributed by atoms with van der Waals surface area (Å²) in [4.78, 5) is 0. The van der Waals surface area contributed by atoms with Crippen molar-refractivity contribution < 1.29 is 5.11 Å². The lowest BCUT2D eigenvalue weighted by atomic mass is 9.69. The van der Waals surface area contributed by atoms with Crippen molar-refractivity contribution in [1.82, 2.24) is 0 Å². The summed E-state index contributed by atoms with van der Waals surface area (Å²) in [5, 5.41) is 9.58. The van der Waals surface area contributed by atoms with Crippen LogP contribution in [-0.2, 0) is 0 Å². The maximum absolute atomic E-state index is 9.58. The summed E-state index contributed by atoms with van der Waals surface area (Å²) in [6.45, 7) is 9.44. The summed E-state index contributed by atoms with van der Waals surface area (Å²) < 4.78 is 0. The van der Waals surface area contributed by atoms with Gasteiger partial charge in [0.25, 0.3) is 0 Å². The van der Waals surface area contributed by atoms with E-state index < -0.39 is 0 Å². The van der Waals surface area contributed by atoms with Gasteiger partial charge in [0.05, 0.1) is 6.10 Å². The Morgan fingerprint density at radius 2 is 1.94 bits per heavy atom. The van der Waals surface area contributed by atoms with Gasteiger partial charge in [-0.3, -0.25) is 0 Å². The molecule has 1 heteroatoms. The first kappa shape index (κ1) is 11.1. The molecular formula is C15H26O. The lowest BCUT2D eigenvalue weighted by Gasteiger charge is -2.35. The molecule has 6 unspecified atom stereocenters. The smallest absolute Gasteiger partial charge is 0.0543 e. The molecule has 3 saturated carbocycles. The molecule has 16 heavy (non-hydrogen) atoms. The third-order valence-electron chi connectivity index (χ3n) is 6.66. The molecule has 92 valence electrons. The predicted molar refractivity (Wildman–Crippen MR) is 66.0 cm³/mol. The standard InChI is InChI=1S/C15H26O/c1-9(16)13-6-10(13)5-11-7-12-8-15(12,4)14(11,2)3/h9-13,16H,5-8H2,1-4H3. The van der Waals surface area contributed by atoms with Crippen LogP contribution in [0.5, 0.6) is 0 Å². The molecule has 3 rings (SSSR count). The number of hydrogen-bond acceptors (Lipinski definition) is 1. The zero-order chi connectivity index (χ0) is 11.7. The van der Waals surface area contributed by atoms with Gasteiger partial charge in [0.1, 0.15) is 0 Å². The van der Waals surface area contributed by atoms with Crippen molar-refractivity contribution in [3.05, 3.63) is 0 Å². The molecule has 0 heterocycles. The van der Waals surface area contributed by atoms with Gasteiger partial charge in [-0.15, -0.1) is 0 Å². The monoisotopic (exact) mass is 222 g/mol. The second kappa shape index (κ2) is 3.04. The first-order chi connectivity index (χ1) is 7.36. The minimum Gasteiger partial charge on any atom is -0.393 e. The Labute approximate surface area is 99.6 Å². The summed E-state index contributed by atoms with van der Waals surface area (Å²) in [5.41, 5.74) is 1.20. The number of hydrogen-bond donors (Lipinski definition) is 1. The van der Waals surface area contributed by atoms with Crippen LogP contribution in [-0.4, -0.2) is 11.2 Å². The molecule has 3 aliphatic rings. The molecule has 0 bridgehead atoms. The minimum absolute atomic E-state index is 0.0698. The van der Waals surface area contributed by atoms with Crippen molar-refractivity contribution >= 4 is 0 Å². The number of aliphatic hydroxyl groups is 1. The molecule has 0 saturated heterocycles. The molecule has 3 aliphatic carbocycles. The van der Waals surface area contributed by atoms with Gasteiger partial charge >= 0.3 is 0 Å². The topological polar surface area (TPSA) is 20.2 Å². The van der Waals surface area contributed by atoms with E-state index in [-0.39, 0.29) is 6.10 Å². The Kier molecular flexibility index (Phi) is 2.11. The third-order valence-corrected chi connectivity index (χ3v) is 6.66. The van der Waals surface area contributed by atoms with Gasteiger partial charge in [0.2, 0.25) is 0 Å². The fraction of sp³-hybridized carbons (Fsp3) is 1.00. The third kappa shape index (κ3) is 1.33. The average molecular weight is 222 g/mol. The van der Waals surface area contributed by atoms with Crippen molar-refractivity contribution in [2.45, 2.75) is 59.5 Å². The van der Waals surface area contributed by atoms with E-state index in [1.54, 1.807) is 0 Å². The normalized spacial score (nSPS) is 54.6. The summed E-state index contributed by atoms with van der Waals surface area (Å²) >= 11 is 0. The molecule has 1 nitrogen and oxygen atoms in total. The molecule has 1 N–H and O–H groups in total. The molecule has 0 radical (unpaired) electrons. The second-order valence-corrected chi connectivity index (χ2v) is 7.61. The Bertz CT molecular complexity index is 307. The van der Waals surface area contributed by atoms with Crippen LogP contribution >= 0.6 is 0 Å². The van der Waals surface area contributed by atoms with E-state index in [9.17, 15) is 5.11 Å². The largest absolute Gasteiger partial charge is 0.393 e. The predicted octanol–water partition coefficient (Wildman–Crippen LogP) is 3.47. The first-order valence-electron chi connectivity index (χ1n) is 7.04. The molecule has 0 spiro atoms. The van der Waals surface area contributed by atoms with Gasteiger partial charge in [-0.25, -0.2) is 0 Å². The van der Waals surface area contributed by atoms with Gasteiger partial charge in [0, 0.05) is 0 Å². The highest BCUT2D eigenvalue weighted by molar-refractivity contribution is 5.16. The Balaban J connectivity index is 1.62. The van der Waals surface area contributed by atoms with Crippen LogP contribution in [0.1, 0.15) is 53.4 Å². The quantitative estimate of drug-likeness (QED) is 0.775. The van der Waals surface area contributed by atoms with Gasteiger partial charge in [0.15, 0.2) is 0 Å². The second-order valence-electron chi connectivity index (χ2n) is 7.61. The van der Waals surface area contributed by atoms with Crippen LogP contribution in [0.4, 0.5) is 0 Å². The minimum atomic E-state index is -0.0698. The van der Waals surface area contributed by atoms with Gasteiger partial charge in [-0.1, -0.05) is 20.8 Å². The summed E-state index contributed by atoms with van der Waals surface area (Å²) in [5.74, 6) is 3.41. The number of aliphatic hydroxyl groups excluding tert-OH is 1. The summed E-state index contributed by atoms with van der Waals surface area (Å²) in [6, 6.07) is 0. The molecule has 0 aromatic carbocycles. The molecule has 3 fully saturated rings. The van der Waals surface area contributed by atoms with E-state index >= 15 is 0 Å². The highest BCUT2D eigenvalue weighted by Gasteiger charge is 2.67. The van der Waals surface area contributed by atoms with E-state index in [0.717, 1.165) is 17.8 Å². The summed E-state index contributed by atoms with van der Waals surface area (Å²) in [7, 11) is 0.